The van der Waals surface area contributed by atoms with Crippen LogP contribution >= 0.6 is 12.2 Å². The van der Waals surface area contributed by atoms with Crippen LogP contribution in [0.3, 0.4) is 0 Å². The van der Waals surface area contributed by atoms with Gasteiger partial charge in [-0.25, -0.2) is 0 Å². The van der Waals surface area contributed by atoms with Gasteiger partial charge in [0.25, 0.3) is 5.56 Å². The number of pyridine rings is 1. The van der Waals surface area contributed by atoms with Gasteiger partial charge >= 0.3 is 0 Å². The quantitative estimate of drug-likeness (QED) is 0.455. The Morgan fingerprint density at radius 1 is 1.06 bits per heavy atom. The Hall–Kier alpha value is -3.50. The van der Waals surface area contributed by atoms with Gasteiger partial charge < -0.3 is 39.0 Å². The Balaban J connectivity index is 1.61. The lowest BCUT2D eigenvalue weighted by atomic mass is 10.1. The van der Waals surface area contributed by atoms with Crippen molar-refractivity contribution in [2.75, 3.05) is 59.9 Å². The number of H-pyrrole nitrogens is 1. The number of methoxy groups -OCH3 is 2. The zero-order valence-electron chi connectivity index (χ0n) is 20.3. The summed E-state index contributed by atoms with van der Waals surface area (Å²) < 4.78 is 22.1. The maximum atomic E-state index is 13.0. The largest absolute Gasteiger partial charge is 0.497 e. The van der Waals surface area contributed by atoms with Gasteiger partial charge in [-0.3, -0.25) is 4.79 Å². The minimum absolute atomic E-state index is 0.172. The molecule has 0 spiro atoms. The van der Waals surface area contributed by atoms with E-state index in [-0.39, 0.29) is 5.56 Å². The van der Waals surface area contributed by atoms with Crippen molar-refractivity contribution in [2.24, 2.45) is 0 Å². The van der Waals surface area contributed by atoms with Crippen molar-refractivity contribution in [2.45, 2.75) is 6.54 Å². The SMILES string of the molecule is COc1ccc(NC(=S)N(CCN(C)C)Cc2cc3cc4c(cc3[nH]c2=O)OCCO4)c(OC)c1. The number of likely N-dealkylation sites (N-methyl/N-ethyl adjacent to an activating group) is 1. The number of aromatic nitrogens is 1. The highest BCUT2D eigenvalue weighted by Gasteiger charge is 2.18. The maximum Gasteiger partial charge on any atom is 0.253 e. The molecule has 0 saturated heterocycles. The molecule has 2 heterocycles. The van der Waals surface area contributed by atoms with Crippen LogP contribution in [0.5, 0.6) is 23.0 Å². The van der Waals surface area contributed by atoms with Crippen molar-refractivity contribution in [3.63, 3.8) is 0 Å². The molecule has 0 unspecified atom stereocenters. The van der Waals surface area contributed by atoms with Crippen molar-refractivity contribution in [1.29, 1.82) is 0 Å². The highest BCUT2D eigenvalue weighted by Crippen LogP contribution is 2.34. The number of anilines is 1. The molecule has 1 aliphatic rings. The van der Waals surface area contributed by atoms with E-state index >= 15 is 0 Å². The average molecular weight is 499 g/mol. The molecule has 9 nitrogen and oxygen atoms in total. The Kier molecular flexibility index (Phi) is 7.62. The molecule has 3 aromatic rings. The fraction of sp³-hybridized carbons (Fsp3) is 0.360. The first-order valence-corrected chi connectivity index (χ1v) is 11.7. The van der Waals surface area contributed by atoms with E-state index in [1.165, 1.54) is 0 Å². The number of thiocarbonyl (C=S) groups is 1. The van der Waals surface area contributed by atoms with Gasteiger partial charge in [-0.05, 0) is 50.6 Å². The number of fused-ring (bicyclic) bond motifs is 2. The molecule has 2 aromatic carbocycles. The standard InChI is InChI=1S/C25H30N4O5S/c1-28(2)7-8-29(25(35)27-19-6-5-18(31-3)13-21(19)32-4)15-17-11-16-12-22-23(34-10-9-33-22)14-20(16)26-24(17)30/h5-6,11-14H,7-10,15H2,1-4H3,(H,26,30)(H,27,35). The fourth-order valence-electron chi connectivity index (χ4n) is 3.78. The fourth-order valence-corrected chi connectivity index (χ4v) is 4.05. The second-order valence-corrected chi connectivity index (χ2v) is 8.81. The average Bonchev–Trinajstić information content (AvgIpc) is 2.85. The third-order valence-corrected chi connectivity index (χ3v) is 6.06. The molecule has 2 N–H and O–H groups in total. The predicted octanol–water partition coefficient (Wildman–Crippen LogP) is 3.08. The molecule has 10 heteroatoms. The first-order valence-electron chi connectivity index (χ1n) is 11.3. The van der Waals surface area contributed by atoms with E-state index in [1.807, 2.05) is 43.3 Å². The monoisotopic (exact) mass is 498 g/mol. The van der Waals surface area contributed by atoms with E-state index in [0.717, 1.165) is 11.9 Å². The molecule has 1 aliphatic heterocycles. The van der Waals surface area contributed by atoms with Crippen LogP contribution in [0.1, 0.15) is 5.56 Å². The van der Waals surface area contributed by atoms with Crippen LogP contribution in [0.25, 0.3) is 10.9 Å². The summed E-state index contributed by atoms with van der Waals surface area (Å²) in [6.45, 7) is 2.70. The Labute approximate surface area is 209 Å². The number of benzene rings is 2. The van der Waals surface area contributed by atoms with Crippen molar-refractivity contribution in [3.05, 3.63) is 52.3 Å². The highest BCUT2D eigenvalue weighted by molar-refractivity contribution is 7.80. The number of hydrogen-bond acceptors (Lipinski definition) is 7. The summed E-state index contributed by atoms with van der Waals surface area (Å²) in [7, 11) is 7.19. The molecule has 0 atom stereocenters. The summed E-state index contributed by atoms with van der Waals surface area (Å²) in [5.74, 6) is 2.60. The van der Waals surface area contributed by atoms with Crippen LogP contribution in [-0.4, -0.2) is 74.5 Å². The van der Waals surface area contributed by atoms with Gasteiger partial charge in [0.05, 0.1) is 32.0 Å². The van der Waals surface area contributed by atoms with Crippen LogP contribution < -0.4 is 29.8 Å². The molecule has 0 radical (unpaired) electrons. The summed E-state index contributed by atoms with van der Waals surface area (Å²) in [6, 6.07) is 11.1. The van der Waals surface area contributed by atoms with Crippen molar-refractivity contribution in [1.82, 2.24) is 14.8 Å². The number of ether oxygens (including phenoxy) is 4. The number of aromatic amines is 1. The maximum absolute atomic E-state index is 13.0. The van der Waals surface area contributed by atoms with Gasteiger partial charge in [0.2, 0.25) is 0 Å². The van der Waals surface area contributed by atoms with Crippen molar-refractivity contribution >= 4 is 33.9 Å². The zero-order valence-corrected chi connectivity index (χ0v) is 21.2. The number of hydrogen-bond donors (Lipinski definition) is 2. The van der Waals surface area contributed by atoms with Crippen LogP contribution in [-0.2, 0) is 6.54 Å². The highest BCUT2D eigenvalue weighted by atomic mass is 32.1. The minimum Gasteiger partial charge on any atom is -0.497 e. The van der Waals surface area contributed by atoms with Crippen LogP contribution in [0.4, 0.5) is 5.69 Å². The third kappa shape index (κ3) is 5.77. The molecule has 186 valence electrons. The Morgan fingerprint density at radius 3 is 2.49 bits per heavy atom. The van der Waals surface area contributed by atoms with Gasteiger partial charge in [0, 0.05) is 36.2 Å². The molecule has 1 aromatic heterocycles. The van der Waals surface area contributed by atoms with Crippen LogP contribution in [0.2, 0.25) is 0 Å². The number of rotatable bonds is 8. The molecule has 0 amide bonds. The summed E-state index contributed by atoms with van der Waals surface area (Å²) in [6.07, 6.45) is 0. The van der Waals surface area contributed by atoms with Crippen LogP contribution in [0.15, 0.2) is 41.2 Å². The molecule has 35 heavy (non-hydrogen) atoms. The Bertz CT molecular complexity index is 1280. The van der Waals surface area contributed by atoms with Gasteiger partial charge in [-0.2, -0.15) is 0 Å². The lowest BCUT2D eigenvalue weighted by molar-refractivity contribution is 0.172. The van der Waals surface area contributed by atoms with E-state index in [0.29, 0.717) is 71.2 Å². The summed E-state index contributed by atoms with van der Waals surface area (Å²) in [4.78, 5) is 20.0. The molecule has 0 aliphatic carbocycles. The number of nitrogens with one attached hydrogen (secondary N) is 2. The van der Waals surface area contributed by atoms with Crippen molar-refractivity contribution in [3.8, 4) is 23.0 Å². The van der Waals surface area contributed by atoms with Crippen molar-refractivity contribution < 1.29 is 18.9 Å². The molecule has 4 rings (SSSR count). The summed E-state index contributed by atoms with van der Waals surface area (Å²) in [5.41, 5.74) is 1.84. The normalized spacial score (nSPS) is 12.5. The molecular weight excluding hydrogens is 468 g/mol. The van der Waals surface area contributed by atoms with E-state index in [4.69, 9.17) is 31.2 Å². The van der Waals surface area contributed by atoms with E-state index in [9.17, 15) is 4.79 Å². The third-order valence-electron chi connectivity index (χ3n) is 5.70. The van der Waals surface area contributed by atoms with Gasteiger partial charge in [-0.1, -0.05) is 0 Å². The molecular formula is C25H30N4O5S. The minimum atomic E-state index is -0.172. The summed E-state index contributed by atoms with van der Waals surface area (Å²) >= 11 is 5.76. The second-order valence-electron chi connectivity index (χ2n) is 8.43. The molecule has 0 saturated carbocycles. The van der Waals surface area contributed by atoms with Gasteiger partial charge in [-0.15, -0.1) is 0 Å². The molecule has 0 bridgehead atoms. The van der Waals surface area contributed by atoms with Gasteiger partial charge in [0.1, 0.15) is 24.7 Å². The summed E-state index contributed by atoms with van der Waals surface area (Å²) in [5, 5.41) is 4.61. The smallest absolute Gasteiger partial charge is 0.253 e. The number of nitrogens with zero attached hydrogens (tertiary/aromatic N) is 2. The van der Waals surface area contributed by atoms with E-state index in [2.05, 4.69) is 15.2 Å². The lowest BCUT2D eigenvalue weighted by Crippen LogP contribution is -2.40. The Morgan fingerprint density at radius 2 is 1.80 bits per heavy atom. The lowest BCUT2D eigenvalue weighted by Gasteiger charge is -2.27. The topological polar surface area (TPSA) is 88.3 Å². The van der Waals surface area contributed by atoms with E-state index < -0.39 is 0 Å². The van der Waals surface area contributed by atoms with Gasteiger partial charge in [0.15, 0.2) is 16.6 Å². The second kappa shape index (κ2) is 10.8. The molecule has 0 fully saturated rings. The first-order chi connectivity index (χ1) is 16.9. The predicted molar refractivity (Wildman–Crippen MR) is 140 cm³/mol. The van der Waals surface area contributed by atoms with E-state index in [1.54, 1.807) is 26.4 Å². The van der Waals surface area contributed by atoms with Crippen LogP contribution in [0, 0.1) is 0 Å². The first kappa shape index (κ1) is 24.6. The zero-order chi connectivity index (χ0) is 24.9.